The molecule has 0 saturated carbocycles. The van der Waals surface area contributed by atoms with Crippen molar-refractivity contribution in [3.63, 3.8) is 0 Å². The molecule has 0 aliphatic carbocycles. The quantitative estimate of drug-likeness (QED) is 0.593. The van der Waals surface area contributed by atoms with E-state index in [-0.39, 0.29) is 6.54 Å². The molecule has 1 heterocycles. The van der Waals surface area contributed by atoms with Crippen LogP contribution in [0, 0.1) is 5.92 Å². The van der Waals surface area contributed by atoms with Crippen LogP contribution in [0.2, 0.25) is 0 Å². The molecular weight excluding hydrogens is 238 g/mol. The second kappa shape index (κ2) is 5.37. The number of carbonyl (C=O) groups excluding carboxylic acids is 2. The minimum Gasteiger partial charge on any atom is -0.481 e. The number of esters is 1. The highest BCUT2D eigenvalue weighted by Gasteiger charge is 2.35. The van der Waals surface area contributed by atoms with Gasteiger partial charge in [-0.2, -0.15) is 0 Å². The van der Waals surface area contributed by atoms with Crippen LogP contribution in [0.4, 0.5) is 0 Å². The summed E-state index contributed by atoms with van der Waals surface area (Å²) in [6.07, 6.45) is 0.921. The fourth-order valence-corrected chi connectivity index (χ4v) is 1.86. The second-order valence-corrected chi connectivity index (χ2v) is 5.38. The highest BCUT2D eigenvalue weighted by atomic mass is 16.6. The maximum Gasteiger partial charge on any atom is 0.326 e. The van der Waals surface area contributed by atoms with E-state index in [0.717, 1.165) is 0 Å². The lowest BCUT2D eigenvalue weighted by Crippen LogP contribution is -2.47. The first-order chi connectivity index (χ1) is 8.20. The van der Waals surface area contributed by atoms with Gasteiger partial charge in [0.15, 0.2) is 0 Å². The third kappa shape index (κ3) is 4.01. The zero-order valence-electron chi connectivity index (χ0n) is 10.9. The molecule has 1 amide bonds. The average Bonchev–Trinajstić information content (AvgIpc) is 2.17. The lowest BCUT2D eigenvalue weighted by Gasteiger charge is -2.30. The van der Waals surface area contributed by atoms with Crippen LogP contribution in [0.3, 0.4) is 0 Å². The lowest BCUT2D eigenvalue weighted by molar-refractivity contribution is -0.163. The van der Waals surface area contributed by atoms with Gasteiger partial charge in [0.05, 0.1) is 0 Å². The summed E-state index contributed by atoms with van der Waals surface area (Å²) in [7, 11) is 0. The number of piperidine rings is 1. The summed E-state index contributed by atoms with van der Waals surface area (Å²) in [5, 5.41) is 8.88. The van der Waals surface area contributed by atoms with Crippen LogP contribution in [0.15, 0.2) is 0 Å². The van der Waals surface area contributed by atoms with Gasteiger partial charge in [0.1, 0.15) is 18.1 Å². The number of carboxylic acid groups (broad SMARTS) is 1. The zero-order chi connectivity index (χ0) is 13.9. The molecule has 1 saturated heterocycles. The summed E-state index contributed by atoms with van der Waals surface area (Å²) in [6, 6.07) is 0. The van der Waals surface area contributed by atoms with Gasteiger partial charge in [-0.1, -0.05) is 0 Å². The summed E-state index contributed by atoms with van der Waals surface area (Å²) in [5.41, 5.74) is -0.609. The Kier molecular flexibility index (Phi) is 4.32. The molecule has 1 N–H and O–H groups in total. The Bertz CT molecular complexity index is 358. The van der Waals surface area contributed by atoms with Gasteiger partial charge < -0.3 is 14.7 Å². The average molecular weight is 257 g/mol. The molecule has 0 aromatic carbocycles. The number of carbonyl (C=O) groups is 3. The first-order valence-electron chi connectivity index (χ1n) is 5.94. The van der Waals surface area contributed by atoms with Crippen molar-refractivity contribution in [2.24, 2.45) is 5.92 Å². The largest absolute Gasteiger partial charge is 0.481 e. The van der Waals surface area contributed by atoms with Crippen molar-refractivity contribution in [1.82, 2.24) is 4.90 Å². The Morgan fingerprint density at radius 2 is 2.06 bits per heavy atom. The fraction of sp³-hybridized carbons (Fsp3) is 0.750. The molecular formula is C12H19NO5. The Balaban J connectivity index is 2.59. The number of hydrogen-bond donors (Lipinski definition) is 1. The Morgan fingerprint density at radius 3 is 2.56 bits per heavy atom. The molecule has 1 atom stereocenters. The molecule has 6 nitrogen and oxygen atoms in total. The Labute approximate surface area is 106 Å². The van der Waals surface area contributed by atoms with Crippen LogP contribution in [-0.4, -0.2) is 46.5 Å². The van der Waals surface area contributed by atoms with Gasteiger partial charge in [0.2, 0.25) is 5.91 Å². The minimum absolute atomic E-state index is 0.181. The Morgan fingerprint density at radius 1 is 1.44 bits per heavy atom. The number of likely N-dealkylation sites (tertiary alicyclic amines) is 1. The van der Waals surface area contributed by atoms with Gasteiger partial charge in [0.25, 0.3) is 0 Å². The first kappa shape index (κ1) is 14.5. The maximum atomic E-state index is 11.8. The van der Waals surface area contributed by atoms with Crippen LogP contribution in [0.1, 0.15) is 33.6 Å². The maximum absolute atomic E-state index is 11.8. The van der Waals surface area contributed by atoms with Crippen molar-refractivity contribution in [2.75, 3.05) is 13.1 Å². The summed E-state index contributed by atoms with van der Waals surface area (Å²) in [4.78, 5) is 35.5. The monoisotopic (exact) mass is 257 g/mol. The van der Waals surface area contributed by atoms with Crippen molar-refractivity contribution in [3.8, 4) is 0 Å². The number of hydrogen-bond acceptors (Lipinski definition) is 4. The van der Waals surface area contributed by atoms with Crippen molar-refractivity contribution in [2.45, 2.75) is 39.2 Å². The molecule has 6 heteroatoms. The SMILES string of the molecule is CC(C)(C)OC(=O)CN1CCCC(C(=O)O)C1=O. The molecule has 102 valence electrons. The van der Waals surface area contributed by atoms with Crippen LogP contribution in [0.25, 0.3) is 0 Å². The highest BCUT2D eigenvalue weighted by Crippen LogP contribution is 2.18. The van der Waals surface area contributed by atoms with Crippen LogP contribution in [0.5, 0.6) is 0 Å². The second-order valence-electron chi connectivity index (χ2n) is 5.38. The third-order valence-corrected chi connectivity index (χ3v) is 2.57. The van der Waals surface area contributed by atoms with Gasteiger partial charge in [-0.3, -0.25) is 14.4 Å². The van der Waals surface area contributed by atoms with Gasteiger partial charge in [-0.05, 0) is 33.6 Å². The number of nitrogens with zero attached hydrogens (tertiary/aromatic N) is 1. The van der Waals surface area contributed by atoms with E-state index in [2.05, 4.69) is 0 Å². The van der Waals surface area contributed by atoms with Crippen LogP contribution in [-0.2, 0) is 19.1 Å². The number of amides is 1. The van der Waals surface area contributed by atoms with E-state index >= 15 is 0 Å². The molecule has 0 bridgehead atoms. The predicted molar refractivity (Wildman–Crippen MR) is 62.8 cm³/mol. The van der Waals surface area contributed by atoms with Crippen molar-refractivity contribution in [3.05, 3.63) is 0 Å². The molecule has 0 radical (unpaired) electrons. The summed E-state index contributed by atoms with van der Waals surface area (Å²) in [6.45, 7) is 5.44. The van der Waals surface area contributed by atoms with E-state index in [0.29, 0.717) is 19.4 Å². The Hall–Kier alpha value is -1.59. The van der Waals surface area contributed by atoms with Gasteiger partial charge in [0, 0.05) is 6.54 Å². The minimum atomic E-state index is -1.13. The molecule has 1 rings (SSSR count). The van der Waals surface area contributed by atoms with E-state index in [1.807, 2.05) is 0 Å². The highest BCUT2D eigenvalue weighted by molar-refractivity contribution is 5.98. The molecule has 0 aromatic heterocycles. The van der Waals surface area contributed by atoms with E-state index in [1.165, 1.54) is 4.90 Å². The molecule has 1 fully saturated rings. The van der Waals surface area contributed by atoms with Crippen molar-refractivity contribution < 1.29 is 24.2 Å². The number of carboxylic acids is 1. The topological polar surface area (TPSA) is 83.9 Å². The summed E-state index contributed by atoms with van der Waals surface area (Å²) in [5.74, 6) is -3.17. The van der Waals surface area contributed by atoms with E-state index in [4.69, 9.17) is 9.84 Å². The number of ether oxygens (including phenoxy) is 1. The van der Waals surface area contributed by atoms with Crippen molar-refractivity contribution >= 4 is 17.8 Å². The molecule has 0 aromatic rings. The van der Waals surface area contributed by atoms with E-state index in [9.17, 15) is 14.4 Å². The van der Waals surface area contributed by atoms with Gasteiger partial charge in [-0.15, -0.1) is 0 Å². The molecule has 0 spiro atoms. The van der Waals surface area contributed by atoms with E-state index < -0.39 is 29.4 Å². The number of aliphatic carboxylic acids is 1. The molecule has 18 heavy (non-hydrogen) atoms. The smallest absolute Gasteiger partial charge is 0.326 e. The normalized spacial score (nSPS) is 20.7. The number of rotatable bonds is 3. The van der Waals surface area contributed by atoms with Gasteiger partial charge in [-0.25, -0.2) is 0 Å². The summed E-state index contributed by atoms with van der Waals surface area (Å²) < 4.78 is 5.10. The molecule has 1 aliphatic heterocycles. The first-order valence-corrected chi connectivity index (χ1v) is 5.94. The molecule has 1 unspecified atom stereocenters. The third-order valence-electron chi connectivity index (χ3n) is 2.57. The van der Waals surface area contributed by atoms with Gasteiger partial charge >= 0.3 is 11.9 Å². The van der Waals surface area contributed by atoms with Crippen LogP contribution >= 0.6 is 0 Å². The standard InChI is InChI=1S/C12H19NO5/c1-12(2,3)18-9(14)7-13-6-4-5-8(10(13)15)11(16)17/h8H,4-7H2,1-3H3,(H,16,17). The lowest BCUT2D eigenvalue weighted by atomic mass is 9.97. The van der Waals surface area contributed by atoms with Crippen molar-refractivity contribution in [1.29, 1.82) is 0 Å². The van der Waals surface area contributed by atoms with E-state index in [1.54, 1.807) is 20.8 Å². The summed E-state index contributed by atoms with van der Waals surface area (Å²) >= 11 is 0. The van der Waals surface area contributed by atoms with Crippen LogP contribution < -0.4 is 0 Å². The molecule has 1 aliphatic rings. The fourth-order valence-electron chi connectivity index (χ4n) is 1.86. The zero-order valence-corrected chi connectivity index (χ0v) is 10.9. The predicted octanol–water partition coefficient (Wildman–Crippen LogP) is 0.651.